The number of aromatic hydroxyl groups is 7. The summed E-state index contributed by atoms with van der Waals surface area (Å²) in [5.41, 5.74) is -0.217. The number of carbonyl (C=O) groups excluding carboxylic acids is 2. The van der Waals surface area contributed by atoms with Gasteiger partial charge in [0.2, 0.25) is 12.2 Å². The van der Waals surface area contributed by atoms with Gasteiger partial charge in [0.25, 0.3) is 0 Å². The Morgan fingerprint density at radius 2 is 1.17 bits per heavy atom. The maximum Gasteiger partial charge on any atom is 0.345 e. The van der Waals surface area contributed by atoms with Gasteiger partial charge >= 0.3 is 23.9 Å². The van der Waals surface area contributed by atoms with Gasteiger partial charge in [0.05, 0.1) is 5.57 Å². The van der Waals surface area contributed by atoms with E-state index in [1.165, 1.54) is 30.3 Å². The van der Waals surface area contributed by atoms with E-state index in [1.54, 1.807) is 6.92 Å². The minimum absolute atomic E-state index is 0.0271. The lowest BCUT2D eigenvalue weighted by molar-refractivity contribution is -0.160. The molecule has 0 bridgehead atoms. The summed E-state index contributed by atoms with van der Waals surface area (Å²) in [6.07, 6.45) is -1.62. The van der Waals surface area contributed by atoms with E-state index in [0.29, 0.717) is 11.1 Å². The highest BCUT2D eigenvalue weighted by atomic mass is 16.6. The molecule has 52 heavy (non-hydrogen) atoms. The first-order valence-corrected chi connectivity index (χ1v) is 15.2. The molecule has 4 aromatic rings. The molecular weight excluding hydrogens is 684 g/mol. The number of ether oxygens (including phenoxy) is 2. The van der Waals surface area contributed by atoms with Gasteiger partial charge in [-0.25, -0.2) is 19.2 Å². The van der Waals surface area contributed by atoms with Gasteiger partial charge in [0.15, 0.2) is 34.5 Å². The van der Waals surface area contributed by atoms with E-state index in [9.17, 15) is 65.1 Å². The molecular formula is C37H32O15. The van der Waals surface area contributed by atoms with Crippen molar-refractivity contribution in [3.05, 3.63) is 106 Å². The van der Waals surface area contributed by atoms with Crippen molar-refractivity contribution in [2.45, 2.75) is 32.0 Å². The fourth-order valence-electron chi connectivity index (χ4n) is 4.84. The Hall–Kier alpha value is -7.16. The van der Waals surface area contributed by atoms with Crippen molar-refractivity contribution in [1.82, 2.24) is 0 Å². The number of carboxylic acid groups (broad SMARTS) is 2. The van der Waals surface area contributed by atoms with Gasteiger partial charge in [-0.05, 0) is 83.3 Å². The van der Waals surface area contributed by atoms with Crippen LogP contribution >= 0.6 is 0 Å². The van der Waals surface area contributed by atoms with Crippen LogP contribution < -0.4 is 0 Å². The smallest absolute Gasteiger partial charge is 0.345 e. The molecule has 0 heterocycles. The summed E-state index contributed by atoms with van der Waals surface area (Å²) >= 11 is 0. The second-order valence-corrected chi connectivity index (χ2v) is 11.4. The molecule has 9 N–H and O–H groups in total. The molecule has 0 fully saturated rings. The maximum absolute atomic E-state index is 13.8. The molecule has 0 spiro atoms. The predicted molar refractivity (Wildman–Crippen MR) is 182 cm³/mol. The Morgan fingerprint density at radius 1 is 0.635 bits per heavy atom. The van der Waals surface area contributed by atoms with E-state index < -0.39 is 94.6 Å². The lowest BCUT2D eigenvalue weighted by Crippen LogP contribution is -2.29. The molecule has 2 unspecified atom stereocenters. The Balaban J connectivity index is 1.73. The van der Waals surface area contributed by atoms with E-state index in [0.717, 1.165) is 54.6 Å². The summed E-state index contributed by atoms with van der Waals surface area (Å²) < 4.78 is 10.4. The van der Waals surface area contributed by atoms with Crippen LogP contribution in [0.25, 0.3) is 17.7 Å². The number of phenols is 7. The first-order valence-electron chi connectivity index (χ1n) is 15.2. The molecule has 270 valence electrons. The molecule has 15 heteroatoms. The van der Waals surface area contributed by atoms with Crippen molar-refractivity contribution in [2.75, 3.05) is 0 Å². The first-order chi connectivity index (χ1) is 24.5. The zero-order valence-electron chi connectivity index (χ0n) is 27.1. The summed E-state index contributed by atoms with van der Waals surface area (Å²) in [4.78, 5) is 50.6. The average Bonchev–Trinajstić information content (AvgIpc) is 3.08. The van der Waals surface area contributed by atoms with Gasteiger partial charge in [-0.3, -0.25) is 0 Å². The number of hydrogen-bond donors (Lipinski definition) is 9. The number of rotatable bonds is 13. The summed E-state index contributed by atoms with van der Waals surface area (Å²) in [5.74, 6) is -9.60. The number of aliphatic carboxylic acids is 2. The van der Waals surface area contributed by atoms with Crippen LogP contribution in [-0.4, -0.2) is 82.0 Å². The Kier molecular flexibility index (Phi) is 11.6. The van der Waals surface area contributed by atoms with Crippen LogP contribution in [0.5, 0.6) is 40.2 Å². The molecule has 0 aliphatic heterocycles. The highest BCUT2D eigenvalue weighted by Crippen LogP contribution is 2.39. The minimum atomic E-state index is -1.84. The summed E-state index contributed by atoms with van der Waals surface area (Å²) in [6, 6.07) is 13.3. The van der Waals surface area contributed by atoms with Crippen LogP contribution in [-0.2, 0) is 41.5 Å². The maximum atomic E-state index is 13.8. The molecule has 0 aliphatic rings. The molecule has 0 radical (unpaired) electrons. The van der Waals surface area contributed by atoms with Gasteiger partial charge in [-0.2, -0.15) is 0 Å². The number of hydrogen-bond acceptors (Lipinski definition) is 13. The topological polar surface area (TPSA) is 269 Å². The highest BCUT2D eigenvalue weighted by molar-refractivity contribution is 6.24. The van der Waals surface area contributed by atoms with Crippen LogP contribution in [0.1, 0.15) is 33.4 Å². The van der Waals surface area contributed by atoms with Crippen LogP contribution in [0.15, 0.2) is 72.8 Å². The quantitative estimate of drug-likeness (QED) is 0.0410. The Bertz CT molecular complexity index is 2100. The number of benzene rings is 4. The predicted octanol–water partition coefficient (Wildman–Crippen LogP) is 3.97. The van der Waals surface area contributed by atoms with Gasteiger partial charge in [-0.1, -0.05) is 30.3 Å². The Labute approximate surface area is 294 Å². The molecule has 0 amide bonds. The van der Waals surface area contributed by atoms with Gasteiger partial charge in [0, 0.05) is 24.5 Å². The van der Waals surface area contributed by atoms with Crippen LogP contribution in [0.2, 0.25) is 0 Å². The summed E-state index contributed by atoms with van der Waals surface area (Å²) in [6.45, 7) is 1.62. The summed E-state index contributed by atoms with van der Waals surface area (Å²) in [5, 5.41) is 90.1. The number of phenolic OH excluding ortho intramolecular Hbond substituents is 7. The van der Waals surface area contributed by atoms with E-state index in [2.05, 4.69) is 0 Å². The lowest BCUT2D eigenvalue weighted by atomic mass is 9.95. The third-order valence-electron chi connectivity index (χ3n) is 7.60. The van der Waals surface area contributed by atoms with E-state index in [-0.39, 0.29) is 22.4 Å². The number of aryl methyl sites for hydroxylation is 1. The van der Waals surface area contributed by atoms with Crippen LogP contribution in [0, 0.1) is 6.92 Å². The molecule has 0 aliphatic carbocycles. The third-order valence-corrected chi connectivity index (χ3v) is 7.60. The number of carbonyl (C=O) groups is 4. The largest absolute Gasteiger partial charge is 0.508 e. The van der Waals surface area contributed by atoms with Crippen molar-refractivity contribution >= 4 is 41.6 Å². The monoisotopic (exact) mass is 716 g/mol. The summed E-state index contributed by atoms with van der Waals surface area (Å²) in [7, 11) is 0. The molecule has 4 aromatic carbocycles. The molecule has 15 nitrogen and oxygen atoms in total. The first kappa shape index (κ1) is 37.7. The number of carboxylic acids is 2. The van der Waals surface area contributed by atoms with Gasteiger partial charge in [0.1, 0.15) is 5.75 Å². The molecule has 0 saturated carbocycles. The van der Waals surface area contributed by atoms with E-state index in [4.69, 9.17) is 9.47 Å². The molecule has 0 saturated heterocycles. The lowest BCUT2D eigenvalue weighted by Gasteiger charge is -2.18. The highest BCUT2D eigenvalue weighted by Gasteiger charge is 2.29. The molecule has 2 atom stereocenters. The zero-order chi connectivity index (χ0) is 38.3. The molecule has 4 rings (SSSR count). The van der Waals surface area contributed by atoms with Gasteiger partial charge < -0.3 is 55.4 Å². The van der Waals surface area contributed by atoms with Crippen molar-refractivity contribution in [3.8, 4) is 40.2 Å². The van der Waals surface area contributed by atoms with Crippen molar-refractivity contribution in [3.63, 3.8) is 0 Å². The van der Waals surface area contributed by atoms with Crippen molar-refractivity contribution < 1.29 is 74.6 Å². The van der Waals surface area contributed by atoms with Gasteiger partial charge in [-0.15, -0.1) is 0 Å². The average molecular weight is 717 g/mol. The SMILES string of the molecule is Cc1ccc(CC(OC(=O)C(=Cc2ccc(O)c(O)c2)c2c(C=CC(=O)OC(Cc3ccc(O)c(O)c3)C(=O)O)ccc(O)c2O)C(=O)O)cc1O. The zero-order valence-corrected chi connectivity index (χ0v) is 27.1. The van der Waals surface area contributed by atoms with E-state index >= 15 is 0 Å². The Morgan fingerprint density at radius 3 is 1.75 bits per heavy atom. The second-order valence-electron chi connectivity index (χ2n) is 11.4. The fraction of sp³-hybridized carbons (Fsp3) is 0.135. The minimum Gasteiger partial charge on any atom is -0.508 e. The molecule has 0 aromatic heterocycles. The van der Waals surface area contributed by atoms with Crippen molar-refractivity contribution in [1.29, 1.82) is 0 Å². The third kappa shape index (κ3) is 9.29. The standard InChI is InChI=1S/C37H32O15/c1-18-2-3-20(13-27(18)41)17-31(36(48)49)52-37(50)23(12-19-4-8-24(38)28(42)14-19)33-22(6-10-26(40)34(33)45)7-11-32(44)51-30(35(46)47)16-21-5-9-25(39)29(43)15-21/h2-15,30-31,38-43,45H,16-17H2,1H3,(H,46,47)(H,48,49). The van der Waals surface area contributed by atoms with Crippen molar-refractivity contribution in [2.24, 2.45) is 0 Å². The van der Waals surface area contributed by atoms with E-state index in [1.807, 2.05) is 0 Å². The second kappa shape index (κ2) is 16.0. The van der Waals surface area contributed by atoms with Crippen LogP contribution in [0.3, 0.4) is 0 Å². The normalized spacial score (nSPS) is 12.6. The number of esters is 2. The van der Waals surface area contributed by atoms with Crippen LogP contribution in [0.4, 0.5) is 0 Å². The fourth-order valence-corrected chi connectivity index (χ4v) is 4.84.